The first-order valence-corrected chi connectivity index (χ1v) is 20.2. The van der Waals surface area contributed by atoms with Gasteiger partial charge in [0.1, 0.15) is 6.61 Å². The number of allylic oxidation sites excluding steroid dienone is 14. The zero-order chi connectivity index (χ0) is 37.7. The summed E-state index contributed by atoms with van der Waals surface area (Å²) in [5, 5.41) is 10.1. The SMILES string of the molecule is CC/C=C\C/C=C\C/C=C\C/C=C\CCCCC(=O)O[C@H](COC(=O)CCC/C=C/C=C\C(O)C/C=C\C/C=C\CCCCC)COP(=O)(O)O. The van der Waals surface area contributed by atoms with Gasteiger partial charge in [-0.15, -0.1) is 0 Å². The van der Waals surface area contributed by atoms with Gasteiger partial charge in [-0.3, -0.25) is 14.1 Å². The summed E-state index contributed by atoms with van der Waals surface area (Å²) in [6.45, 7) is 3.35. The molecule has 2 atom stereocenters. The van der Waals surface area contributed by atoms with E-state index >= 15 is 0 Å². The van der Waals surface area contributed by atoms with Gasteiger partial charge in [-0.05, 0) is 83.5 Å². The highest BCUT2D eigenvalue weighted by Crippen LogP contribution is 2.35. The molecule has 0 aromatic heterocycles. The number of esters is 2. The van der Waals surface area contributed by atoms with Gasteiger partial charge in [-0.2, -0.15) is 0 Å². The zero-order valence-corrected chi connectivity index (χ0v) is 32.0. The first kappa shape index (κ1) is 47.9. The lowest BCUT2D eigenvalue weighted by Gasteiger charge is -2.18. The van der Waals surface area contributed by atoms with Crippen molar-refractivity contribution in [2.24, 2.45) is 0 Å². The van der Waals surface area contributed by atoms with Crippen molar-refractivity contribution in [3.05, 3.63) is 97.2 Å². The van der Waals surface area contributed by atoms with E-state index in [1.54, 1.807) is 12.2 Å². The second kappa shape index (κ2) is 35.3. The Morgan fingerprint density at radius 3 is 1.78 bits per heavy atom. The summed E-state index contributed by atoms with van der Waals surface area (Å²) in [7, 11) is -4.80. The third-order valence-electron chi connectivity index (χ3n) is 7.17. The molecule has 3 N–H and O–H groups in total. The van der Waals surface area contributed by atoms with Crippen LogP contribution in [0.2, 0.25) is 0 Å². The van der Waals surface area contributed by atoms with Gasteiger partial charge in [-0.25, -0.2) is 4.57 Å². The van der Waals surface area contributed by atoms with Crippen molar-refractivity contribution in [1.82, 2.24) is 0 Å². The van der Waals surface area contributed by atoms with Crippen LogP contribution in [-0.4, -0.2) is 52.3 Å². The van der Waals surface area contributed by atoms with Crippen LogP contribution in [0.25, 0.3) is 0 Å². The summed E-state index contributed by atoms with van der Waals surface area (Å²) in [5.41, 5.74) is 0. The van der Waals surface area contributed by atoms with E-state index in [1.807, 2.05) is 18.2 Å². The molecule has 0 amide bonds. The van der Waals surface area contributed by atoms with Gasteiger partial charge in [-0.1, -0.05) is 124 Å². The van der Waals surface area contributed by atoms with Crippen LogP contribution < -0.4 is 0 Å². The van der Waals surface area contributed by atoms with Crippen LogP contribution in [0.4, 0.5) is 0 Å². The predicted octanol–water partition coefficient (Wildman–Crippen LogP) is 10.0. The number of ether oxygens (including phenoxy) is 2. The molecular weight excluding hydrogens is 667 g/mol. The molecule has 0 heterocycles. The fourth-order valence-corrected chi connectivity index (χ4v) is 4.74. The first-order valence-electron chi connectivity index (χ1n) is 18.6. The fraction of sp³-hybridized carbons (Fsp3) is 0.561. The van der Waals surface area contributed by atoms with Crippen molar-refractivity contribution >= 4 is 19.8 Å². The Kier molecular flexibility index (Phi) is 33.2. The fourth-order valence-electron chi connectivity index (χ4n) is 4.38. The van der Waals surface area contributed by atoms with E-state index in [-0.39, 0.29) is 19.4 Å². The molecule has 9 nitrogen and oxygen atoms in total. The smallest absolute Gasteiger partial charge is 0.462 e. The average molecular weight is 733 g/mol. The summed E-state index contributed by atoms with van der Waals surface area (Å²) >= 11 is 0. The summed E-state index contributed by atoms with van der Waals surface area (Å²) in [6, 6.07) is 0. The summed E-state index contributed by atoms with van der Waals surface area (Å²) < 4.78 is 26.2. The topological polar surface area (TPSA) is 140 Å². The Labute approximate surface area is 307 Å². The van der Waals surface area contributed by atoms with Crippen molar-refractivity contribution in [3.63, 3.8) is 0 Å². The zero-order valence-electron chi connectivity index (χ0n) is 31.1. The lowest BCUT2D eigenvalue weighted by Crippen LogP contribution is -2.29. The number of unbranched alkanes of at least 4 members (excludes halogenated alkanes) is 6. The lowest BCUT2D eigenvalue weighted by atomic mass is 10.2. The molecular formula is C41H65O9P. The Bertz CT molecular complexity index is 1160. The lowest BCUT2D eigenvalue weighted by molar-refractivity contribution is -0.161. The van der Waals surface area contributed by atoms with Crippen LogP contribution in [0.3, 0.4) is 0 Å². The maximum Gasteiger partial charge on any atom is 0.469 e. The summed E-state index contributed by atoms with van der Waals surface area (Å²) in [4.78, 5) is 42.7. The monoisotopic (exact) mass is 732 g/mol. The number of hydrogen-bond acceptors (Lipinski definition) is 7. The third kappa shape index (κ3) is 38.0. The van der Waals surface area contributed by atoms with Crippen molar-refractivity contribution in [3.8, 4) is 0 Å². The van der Waals surface area contributed by atoms with Crippen molar-refractivity contribution in [2.75, 3.05) is 13.2 Å². The van der Waals surface area contributed by atoms with Crippen LogP contribution in [0.15, 0.2) is 97.2 Å². The Morgan fingerprint density at radius 2 is 1.18 bits per heavy atom. The number of carbonyl (C=O) groups is 2. The minimum absolute atomic E-state index is 0.117. The molecule has 0 fully saturated rings. The maximum atomic E-state index is 12.3. The molecule has 0 aliphatic rings. The van der Waals surface area contributed by atoms with Gasteiger partial charge in [0.05, 0.1) is 12.7 Å². The van der Waals surface area contributed by atoms with E-state index in [2.05, 4.69) is 85.2 Å². The minimum Gasteiger partial charge on any atom is -0.462 e. The highest BCUT2D eigenvalue weighted by molar-refractivity contribution is 7.46. The van der Waals surface area contributed by atoms with Gasteiger partial charge >= 0.3 is 19.8 Å². The molecule has 0 aromatic carbocycles. The van der Waals surface area contributed by atoms with E-state index in [4.69, 9.17) is 19.3 Å². The van der Waals surface area contributed by atoms with Gasteiger partial charge in [0.2, 0.25) is 0 Å². The van der Waals surface area contributed by atoms with E-state index in [9.17, 15) is 19.3 Å². The van der Waals surface area contributed by atoms with Crippen molar-refractivity contribution in [1.29, 1.82) is 0 Å². The second-order valence-corrected chi connectivity index (χ2v) is 13.2. The van der Waals surface area contributed by atoms with E-state index in [0.717, 1.165) is 51.4 Å². The van der Waals surface area contributed by atoms with Gasteiger partial charge in [0.25, 0.3) is 0 Å². The number of carbonyl (C=O) groups excluding carboxylic acids is 2. The van der Waals surface area contributed by atoms with Crippen LogP contribution in [0.5, 0.6) is 0 Å². The third-order valence-corrected chi connectivity index (χ3v) is 7.65. The number of phosphoric ester groups is 1. The second-order valence-electron chi connectivity index (χ2n) is 12.0. The Morgan fingerprint density at radius 1 is 0.627 bits per heavy atom. The standard InChI is InChI=1S/C41H65O9P/c1-3-5-7-9-11-13-14-15-16-17-18-20-22-26-31-35-41(44)50-39(37-49-51(45,46)47)36-48-40(43)34-30-27-23-25-29-33-38(42)32-28-24-21-19-12-10-8-6-4-2/h5,7,11-13,15-16,18-20,23-25,28-29,33,38-39,42H,3-4,6,8-10,14,17,21-22,26-27,30-32,34-37H2,1-2H3,(H2,45,46,47)/b7-5-,13-11-,16-15-,19-12-,20-18-,25-23+,28-24-,33-29-/t38?,39-/m1/s1. The van der Waals surface area contributed by atoms with Gasteiger partial charge < -0.3 is 24.4 Å². The first-order chi connectivity index (χ1) is 24.7. The maximum absolute atomic E-state index is 12.3. The number of hydrogen-bond donors (Lipinski definition) is 3. The van der Waals surface area contributed by atoms with E-state index in [1.165, 1.54) is 19.3 Å². The molecule has 1 unspecified atom stereocenters. The Hall–Kier alpha value is -3.07. The molecule has 10 heteroatoms. The predicted molar refractivity (Wildman–Crippen MR) is 208 cm³/mol. The van der Waals surface area contributed by atoms with E-state index in [0.29, 0.717) is 25.7 Å². The normalized spacial score (nSPS) is 14.2. The molecule has 0 saturated heterocycles. The summed E-state index contributed by atoms with van der Waals surface area (Å²) in [5.74, 6) is -1.08. The molecule has 288 valence electrons. The van der Waals surface area contributed by atoms with E-state index < -0.39 is 38.6 Å². The molecule has 0 aliphatic heterocycles. The molecule has 0 rings (SSSR count). The number of aliphatic hydroxyl groups excluding tert-OH is 1. The molecule has 0 aromatic rings. The number of rotatable bonds is 32. The van der Waals surface area contributed by atoms with Crippen LogP contribution in [-0.2, 0) is 28.2 Å². The molecule has 51 heavy (non-hydrogen) atoms. The molecule has 0 spiro atoms. The molecule has 0 bridgehead atoms. The highest BCUT2D eigenvalue weighted by Gasteiger charge is 2.22. The van der Waals surface area contributed by atoms with Crippen LogP contribution >= 0.6 is 7.82 Å². The van der Waals surface area contributed by atoms with Gasteiger partial charge in [0.15, 0.2) is 6.10 Å². The largest absolute Gasteiger partial charge is 0.469 e. The minimum atomic E-state index is -4.80. The molecule has 0 radical (unpaired) electrons. The van der Waals surface area contributed by atoms with Crippen LogP contribution in [0.1, 0.15) is 123 Å². The molecule has 0 aliphatic carbocycles. The van der Waals surface area contributed by atoms with Crippen molar-refractivity contribution < 1.29 is 43.0 Å². The number of aliphatic hydroxyl groups is 1. The van der Waals surface area contributed by atoms with Crippen LogP contribution in [0, 0.1) is 0 Å². The number of phosphoric acid groups is 1. The highest BCUT2D eigenvalue weighted by atomic mass is 31.2. The quantitative estimate of drug-likeness (QED) is 0.0203. The van der Waals surface area contributed by atoms with Crippen molar-refractivity contribution in [2.45, 2.75) is 135 Å². The average Bonchev–Trinajstić information content (AvgIpc) is 3.09. The summed E-state index contributed by atoms with van der Waals surface area (Å²) in [6.07, 6.45) is 44.5. The van der Waals surface area contributed by atoms with Gasteiger partial charge in [0, 0.05) is 12.8 Å². The molecule has 0 saturated carbocycles. The Balaban J connectivity index is 4.27.